The average molecular weight is 493 g/mol. The van der Waals surface area contributed by atoms with Gasteiger partial charge in [-0.1, -0.05) is 6.07 Å². The number of aliphatic hydroxyl groups excluding tert-OH is 1. The molecule has 0 saturated carbocycles. The summed E-state index contributed by atoms with van der Waals surface area (Å²) in [4.78, 5) is 28.9. The smallest absolute Gasteiger partial charge is 0.420 e. The summed E-state index contributed by atoms with van der Waals surface area (Å²) in [7, 11) is 0. The van der Waals surface area contributed by atoms with Gasteiger partial charge in [0.2, 0.25) is 12.3 Å². The molecule has 8 nitrogen and oxygen atoms in total. The van der Waals surface area contributed by atoms with Crippen molar-refractivity contribution in [2.45, 2.75) is 51.7 Å². The van der Waals surface area contributed by atoms with Gasteiger partial charge in [0, 0.05) is 12.1 Å². The molecule has 1 atom stereocenters. The number of rotatable bonds is 8. The summed E-state index contributed by atoms with van der Waals surface area (Å²) in [5.41, 5.74) is 0.776. The number of halogens is 3. The largest absolute Gasteiger partial charge is 0.490 e. The number of aliphatic hydroxyl groups is 1. The van der Waals surface area contributed by atoms with Crippen LogP contribution in [0.1, 0.15) is 45.3 Å². The highest BCUT2D eigenvalue weighted by Crippen LogP contribution is 2.25. The molecule has 0 aliphatic heterocycles. The van der Waals surface area contributed by atoms with Crippen LogP contribution in [0.3, 0.4) is 0 Å². The van der Waals surface area contributed by atoms with Crippen LogP contribution in [0.2, 0.25) is 0 Å². The molecule has 11 heteroatoms. The topological polar surface area (TPSA) is 103 Å². The van der Waals surface area contributed by atoms with E-state index < -0.39 is 42.4 Å². The van der Waals surface area contributed by atoms with Gasteiger partial charge in [-0.2, -0.15) is 0 Å². The van der Waals surface area contributed by atoms with Crippen LogP contribution in [0.25, 0.3) is 11.0 Å². The monoisotopic (exact) mass is 493 g/mol. The second-order valence-corrected chi connectivity index (χ2v) is 8.78. The molecule has 3 rings (SSSR count). The van der Waals surface area contributed by atoms with Crippen LogP contribution >= 0.6 is 0 Å². The second kappa shape index (κ2) is 10.8. The van der Waals surface area contributed by atoms with Gasteiger partial charge < -0.3 is 19.9 Å². The fourth-order valence-electron chi connectivity index (χ4n) is 3.15. The van der Waals surface area contributed by atoms with Crippen molar-refractivity contribution in [3.05, 3.63) is 54.1 Å². The number of amides is 1. The Morgan fingerprint density at radius 2 is 1.91 bits per heavy atom. The highest BCUT2D eigenvalue weighted by atomic mass is 19.3. The number of carbonyl (C=O) groups excluding carboxylic acids is 2. The van der Waals surface area contributed by atoms with E-state index in [1.807, 2.05) is 0 Å². The van der Waals surface area contributed by atoms with Gasteiger partial charge in [-0.25, -0.2) is 27.5 Å². The fraction of sp³-hybridized carbons (Fsp3) is 0.375. The molecule has 2 N–H and O–H groups in total. The molecule has 0 fully saturated rings. The van der Waals surface area contributed by atoms with Crippen LogP contribution in [0.5, 0.6) is 5.75 Å². The second-order valence-electron chi connectivity index (χ2n) is 8.78. The zero-order valence-electron chi connectivity index (χ0n) is 19.4. The Balaban J connectivity index is 1.61. The lowest BCUT2D eigenvalue weighted by atomic mass is 10.1. The summed E-state index contributed by atoms with van der Waals surface area (Å²) in [6.07, 6.45) is -4.03. The van der Waals surface area contributed by atoms with Crippen molar-refractivity contribution in [2.24, 2.45) is 0 Å². The van der Waals surface area contributed by atoms with Crippen molar-refractivity contribution >= 4 is 28.7 Å². The summed E-state index contributed by atoms with van der Waals surface area (Å²) in [5.74, 6) is -1.59. The molecule has 0 aliphatic carbocycles. The minimum atomic E-state index is -2.56. The number of benzene rings is 2. The Morgan fingerprint density at radius 1 is 1.17 bits per heavy atom. The van der Waals surface area contributed by atoms with Crippen molar-refractivity contribution in [1.82, 2.24) is 9.55 Å². The normalized spacial score (nSPS) is 12.6. The third-order valence-electron chi connectivity index (χ3n) is 4.73. The number of ether oxygens (including phenoxy) is 2. The van der Waals surface area contributed by atoms with Crippen LogP contribution in [-0.2, 0) is 9.53 Å². The van der Waals surface area contributed by atoms with E-state index in [2.05, 4.69) is 10.3 Å². The van der Waals surface area contributed by atoms with Crippen LogP contribution in [0.4, 0.5) is 23.7 Å². The predicted octanol–water partition coefficient (Wildman–Crippen LogP) is 5.05. The molecule has 1 amide bonds. The maximum absolute atomic E-state index is 14.2. The maximum Gasteiger partial charge on any atom is 0.420 e. The van der Waals surface area contributed by atoms with Crippen LogP contribution in [-0.4, -0.2) is 45.3 Å². The standard InChI is InChI=1S/C24H26F3N3O5/c1-24(2,3)35-23(33)30-13-28-17-11-15(5-6-18(17)30)29-22(32)12-19(31)14-4-7-20(16(25)10-14)34-9-8-21(26)27/h4-7,10-11,13,19,21,31H,8-9,12H2,1-3H3,(H,29,32). The Hall–Kier alpha value is -3.60. The number of imidazole rings is 1. The summed E-state index contributed by atoms with van der Waals surface area (Å²) in [5, 5.41) is 12.9. The van der Waals surface area contributed by atoms with Gasteiger partial charge in [-0.3, -0.25) is 4.79 Å². The van der Waals surface area contributed by atoms with E-state index in [1.165, 1.54) is 23.0 Å². The van der Waals surface area contributed by atoms with E-state index in [0.717, 1.165) is 6.07 Å². The summed E-state index contributed by atoms with van der Waals surface area (Å²) >= 11 is 0. The van der Waals surface area contributed by atoms with E-state index in [-0.39, 0.29) is 24.3 Å². The lowest BCUT2D eigenvalue weighted by Crippen LogP contribution is -2.26. The van der Waals surface area contributed by atoms with Crippen molar-refractivity contribution in [3.63, 3.8) is 0 Å². The molecule has 0 saturated heterocycles. The summed E-state index contributed by atoms with van der Waals surface area (Å²) in [6.45, 7) is 4.90. The molecule has 2 aromatic carbocycles. The molecule has 0 radical (unpaired) electrons. The van der Waals surface area contributed by atoms with Gasteiger partial charge in [0.15, 0.2) is 11.6 Å². The van der Waals surface area contributed by atoms with Gasteiger partial charge in [0.1, 0.15) is 11.9 Å². The number of nitrogens with one attached hydrogen (secondary N) is 1. The number of fused-ring (bicyclic) bond motifs is 1. The first kappa shape index (κ1) is 26.0. The highest BCUT2D eigenvalue weighted by molar-refractivity contribution is 5.94. The van der Waals surface area contributed by atoms with Crippen molar-refractivity contribution < 1.29 is 37.3 Å². The Kier molecular flexibility index (Phi) is 8.00. The Labute approximate surface area is 199 Å². The van der Waals surface area contributed by atoms with Crippen molar-refractivity contribution in [1.29, 1.82) is 0 Å². The van der Waals surface area contributed by atoms with Gasteiger partial charge in [0.05, 0.1) is 30.2 Å². The van der Waals surface area contributed by atoms with E-state index in [9.17, 15) is 27.9 Å². The minimum Gasteiger partial charge on any atom is -0.490 e. The third-order valence-corrected chi connectivity index (χ3v) is 4.73. The van der Waals surface area contributed by atoms with Crippen LogP contribution < -0.4 is 10.1 Å². The van der Waals surface area contributed by atoms with E-state index in [4.69, 9.17) is 9.47 Å². The predicted molar refractivity (Wildman–Crippen MR) is 122 cm³/mol. The number of alkyl halides is 2. The molecular weight excluding hydrogens is 467 g/mol. The SMILES string of the molecule is CC(C)(C)OC(=O)n1cnc2cc(NC(=O)CC(O)c3ccc(OCCC(F)F)c(F)c3)ccc21. The number of aromatic nitrogens is 2. The number of hydrogen-bond donors (Lipinski definition) is 2. The summed E-state index contributed by atoms with van der Waals surface area (Å²) < 4.78 is 50.1. The molecule has 0 bridgehead atoms. The molecule has 1 heterocycles. The average Bonchev–Trinajstić information content (AvgIpc) is 3.16. The first-order chi connectivity index (χ1) is 16.4. The van der Waals surface area contributed by atoms with E-state index >= 15 is 0 Å². The molecule has 1 unspecified atom stereocenters. The Bertz CT molecular complexity index is 1210. The number of nitrogens with zero attached hydrogens (tertiary/aromatic N) is 2. The molecule has 3 aromatic rings. The van der Waals surface area contributed by atoms with Gasteiger partial charge >= 0.3 is 6.09 Å². The van der Waals surface area contributed by atoms with Crippen LogP contribution in [0, 0.1) is 5.82 Å². The zero-order chi connectivity index (χ0) is 25.8. The molecule has 35 heavy (non-hydrogen) atoms. The lowest BCUT2D eigenvalue weighted by Gasteiger charge is -2.19. The van der Waals surface area contributed by atoms with E-state index in [1.54, 1.807) is 39.0 Å². The highest BCUT2D eigenvalue weighted by Gasteiger charge is 2.20. The minimum absolute atomic E-state index is 0.130. The zero-order valence-corrected chi connectivity index (χ0v) is 19.4. The molecule has 188 valence electrons. The molecule has 0 aliphatic rings. The van der Waals surface area contributed by atoms with Crippen LogP contribution in [0.15, 0.2) is 42.7 Å². The first-order valence-electron chi connectivity index (χ1n) is 10.8. The van der Waals surface area contributed by atoms with Gasteiger partial charge in [-0.05, 0) is 56.7 Å². The first-order valence-corrected chi connectivity index (χ1v) is 10.8. The fourth-order valence-corrected chi connectivity index (χ4v) is 3.15. The third kappa shape index (κ3) is 7.19. The number of anilines is 1. The van der Waals surface area contributed by atoms with Crippen molar-refractivity contribution in [3.8, 4) is 5.75 Å². The van der Waals surface area contributed by atoms with Crippen molar-refractivity contribution in [2.75, 3.05) is 11.9 Å². The van der Waals surface area contributed by atoms with Gasteiger partial charge in [-0.15, -0.1) is 0 Å². The summed E-state index contributed by atoms with van der Waals surface area (Å²) in [6, 6.07) is 8.29. The quantitative estimate of drug-likeness (QED) is 0.455. The Morgan fingerprint density at radius 3 is 2.57 bits per heavy atom. The molecular formula is C24H26F3N3O5. The maximum atomic E-state index is 14.2. The number of carbonyl (C=O) groups is 2. The molecule has 0 spiro atoms. The number of hydrogen-bond acceptors (Lipinski definition) is 6. The molecule has 1 aromatic heterocycles. The van der Waals surface area contributed by atoms with E-state index in [0.29, 0.717) is 16.7 Å². The van der Waals surface area contributed by atoms with Gasteiger partial charge in [0.25, 0.3) is 0 Å². The lowest BCUT2D eigenvalue weighted by molar-refractivity contribution is -0.118.